The fourth-order valence-electron chi connectivity index (χ4n) is 1.55. The second kappa shape index (κ2) is 7.62. The fraction of sp³-hybridized carbons (Fsp3) is 0.500. The highest BCUT2D eigenvalue weighted by Crippen LogP contribution is 1.97. The van der Waals surface area contributed by atoms with Crippen LogP contribution in [0.4, 0.5) is 0 Å². The van der Waals surface area contributed by atoms with Gasteiger partial charge in [0.05, 0.1) is 0 Å². The monoisotopic (exact) mass is 224 g/mol. The van der Waals surface area contributed by atoms with Crippen molar-refractivity contribution in [3.8, 4) is 0 Å². The van der Waals surface area contributed by atoms with Gasteiger partial charge < -0.3 is 9.16 Å². The van der Waals surface area contributed by atoms with E-state index < -0.39 is 9.04 Å². The van der Waals surface area contributed by atoms with Crippen LogP contribution in [0.15, 0.2) is 30.3 Å². The highest BCUT2D eigenvalue weighted by Gasteiger charge is 2.11. The van der Waals surface area contributed by atoms with Crippen molar-refractivity contribution in [1.29, 1.82) is 0 Å². The molecule has 0 aliphatic rings. The first-order valence-corrected chi connectivity index (χ1v) is 7.40. The zero-order valence-electron chi connectivity index (χ0n) is 9.61. The minimum atomic E-state index is -1.17. The van der Waals surface area contributed by atoms with Crippen LogP contribution in [-0.4, -0.2) is 29.4 Å². The van der Waals surface area contributed by atoms with Gasteiger partial charge in [-0.25, -0.2) is 0 Å². The quantitative estimate of drug-likeness (QED) is 0.518. The van der Waals surface area contributed by atoms with Gasteiger partial charge in [0.15, 0.2) is 0 Å². The lowest BCUT2D eigenvalue weighted by atomic mass is 10.4. The van der Waals surface area contributed by atoms with Crippen LogP contribution in [0.3, 0.4) is 0 Å². The molecule has 3 heteroatoms. The lowest BCUT2D eigenvalue weighted by Crippen LogP contribution is -2.33. The summed E-state index contributed by atoms with van der Waals surface area (Å²) in [4.78, 5) is 0. The second-order valence-corrected chi connectivity index (χ2v) is 6.32. The molecule has 0 N–H and O–H groups in total. The summed E-state index contributed by atoms with van der Waals surface area (Å²) >= 11 is 0. The normalized spacial score (nSPS) is 12.7. The molecule has 0 heterocycles. The molecule has 1 aromatic carbocycles. The third-order valence-electron chi connectivity index (χ3n) is 2.35. The number of benzene rings is 1. The van der Waals surface area contributed by atoms with Crippen molar-refractivity contribution in [1.82, 2.24) is 0 Å². The number of hydrogen-bond donors (Lipinski definition) is 0. The minimum Gasteiger partial charge on any atom is -0.415 e. The van der Waals surface area contributed by atoms with Crippen molar-refractivity contribution in [3.05, 3.63) is 30.3 Å². The van der Waals surface area contributed by atoms with Crippen molar-refractivity contribution < 1.29 is 9.16 Å². The first-order chi connectivity index (χ1) is 7.38. The predicted molar refractivity (Wildman–Crippen MR) is 66.2 cm³/mol. The van der Waals surface area contributed by atoms with Gasteiger partial charge in [0.2, 0.25) is 9.04 Å². The van der Waals surface area contributed by atoms with E-state index in [1.54, 1.807) is 7.11 Å². The van der Waals surface area contributed by atoms with Gasteiger partial charge in [-0.15, -0.1) is 0 Å². The van der Waals surface area contributed by atoms with E-state index in [1.807, 2.05) is 0 Å². The summed E-state index contributed by atoms with van der Waals surface area (Å²) < 4.78 is 10.9. The maximum Gasteiger partial charge on any atom is 0.207 e. The Morgan fingerprint density at radius 1 is 1.13 bits per heavy atom. The average Bonchev–Trinajstić information content (AvgIpc) is 2.30. The van der Waals surface area contributed by atoms with E-state index in [0.717, 1.165) is 25.7 Å². The zero-order valence-corrected chi connectivity index (χ0v) is 10.8. The third kappa shape index (κ3) is 4.60. The van der Waals surface area contributed by atoms with E-state index >= 15 is 0 Å². The summed E-state index contributed by atoms with van der Waals surface area (Å²) in [5.74, 6) is 0. The van der Waals surface area contributed by atoms with E-state index in [2.05, 4.69) is 37.3 Å². The number of rotatable bonds is 7. The highest BCUT2D eigenvalue weighted by atomic mass is 28.3. The highest BCUT2D eigenvalue weighted by molar-refractivity contribution is 6.67. The Balaban J connectivity index is 2.36. The Labute approximate surface area is 93.9 Å². The van der Waals surface area contributed by atoms with Gasteiger partial charge in [-0.2, -0.15) is 0 Å². The molecule has 0 bridgehead atoms. The first kappa shape index (κ1) is 12.4. The summed E-state index contributed by atoms with van der Waals surface area (Å²) in [6, 6.07) is 11.7. The van der Waals surface area contributed by atoms with Crippen LogP contribution < -0.4 is 5.19 Å². The molecule has 0 amide bonds. The third-order valence-corrected chi connectivity index (χ3v) is 4.86. The van der Waals surface area contributed by atoms with Gasteiger partial charge in [-0.05, 0) is 17.7 Å². The van der Waals surface area contributed by atoms with Crippen molar-refractivity contribution in [2.75, 3.05) is 20.3 Å². The van der Waals surface area contributed by atoms with E-state index in [0.29, 0.717) is 0 Å². The molecule has 2 nitrogen and oxygen atoms in total. The molecule has 1 atom stereocenters. The molecule has 0 radical (unpaired) electrons. The largest absolute Gasteiger partial charge is 0.415 e. The van der Waals surface area contributed by atoms with Crippen LogP contribution in [0, 0.1) is 0 Å². The fourth-order valence-corrected chi connectivity index (χ4v) is 3.55. The van der Waals surface area contributed by atoms with Crippen LogP contribution in [0.1, 0.15) is 13.3 Å². The molecule has 0 spiro atoms. The minimum absolute atomic E-state index is 0.791. The standard InChI is InChI=1S/C12H20O2Si/c1-3-15(14-11-7-10-13-2)12-8-5-4-6-9-12/h4-6,8-9,15H,3,7,10-11H2,1-2H3. The maximum absolute atomic E-state index is 5.94. The topological polar surface area (TPSA) is 18.5 Å². The lowest BCUT2D eigenvalue weighted by Gasteiger charge is -2.14. The molecule has 1 rings (SSSR count). The summed E-state index contributed by atoms with van der Waals surface area (Å²) in [5.41, 5.74) is 0. The molecule has 1 unspecified atom stereocenters. The van der Waals surface area contributed by atoms with E-state index in [4.69, 9.17) is 9.16 Å². The van der Waals surface area contributed by atoms with Crippen molar-refractivity contribution >= 4 is 14.2 Å². The van der Waals surface area contributed by atoms with E-state index in [9.17, 15) is 0 Å². The zero-order chi connectivity index (χ0) is 10.9. The second-order valence-electron chi connectivity index (χ2n) is 3.52. The maximum atomic E-state index is 5.94. The van der Waals surface area contributed by atoms with Crippen LogP contribution in [-0.2, 0) is 9.16 Å². The Bertz CT molecular complexity index is 251. The average molecular weight is 224 g/mol. The van der Waals surface area contributed by atoms with Crippen LogP contribution in [0.5, 0.6) is 0 Å². The summed E-state index contributed by atoms with van der Waals surface area (Å²) in [5, 5.41) is 1.40. The first-order valence-electron chi connectivity index (χ1n) is 5.54. The Hall–Kier alpha value is -0.643. The molecule has 0 aliphatic carbocycles. The van der Waals surface area contributed by atoms with Gasteiger partial charge in [0.25, 0.3) is 0 Å². The van der Waals surface area contributed by atoms with Gasteiger partial charge in [0, 0.05) is 20.3 Å². The molecular weight excluding hydrogens is 204 g/mol. The molecule has 0 fully saturated rings. The molecule has 84 valence electrons. The molecule has 0 aromatic heterocycles. The molecule has 0 saturated carbocycles. The van der Waals surface area contributed by atoms with Crippen molar-refractivity contribution in [3.63, 3.8) is 0 Å². The molecule has 0 saturated heterocycles. The molecule has 15 heavy (non-hydrogen) atoms. The van der Waals surface area contributed by atoms with Crippen molar-refractivity contribution in [2.45, 2.75) is 19.4 Å². The van der Waals surface area contributed by atoms with Crippen molar-refractivity contribution in [2.24, 2.45) is 0 Å². The van der Waals surface area contributed by atoms with Gasteiger partial charge in [-0.3, -0.25) is 0 Å². The number of methoxy groups -OCH3 is 1. The Kier molecular flexibility index (Phi) is 6.32. The Morgan fingerprint density at radius 3 is 2.47 bits per heavy atom. The summed E-state index contributed by atoms with van der Waals surface area (Å²) in [6.07, 6.45) is 0.993. The molecule has 1 aromatic rings. The van der Waals surface area contributed by atoms with Crippen LogP contribution in [0.2, 0.25) is 6.04 Å². The van der Waals surface area contributed by atoms with Gasteiger partial charge in [-0.1, -0.05) is 37.3 Å². The van der Waals surface area contributed by atoms with E-state index in [-0.39, 0.29) is 0 Å². The smallest absolute Gasteiger partial charge is 0.207 e. The van der Waals surface area contributed by atoms with Gasteiger partial charge >= 0.3 is 0 Å². The SMILES string of the molecule is CC[SiH](OCCCOC)c1ccccc1. The van der Waals surface area contributed by atoms with Gasteiger partial charge in [0.1, 0.15) is 0 Å². The number of hydrogen-bond acceptors (Lipinski definition) is 2. The van der Waals surface area contributed by atoms with E-state index in [1.165, 1.54) is 5.19 Å². The Morgan fingerprint density at radius 2 is 1.87 bits per heavy atom. The van der Waals surface area contributed by atoms with Crippen LogP contribution in [0.25, 0.3) is 0 Å². The predicted octanol–water partition coefficient (Wildman–Crippen LogP) is 1.69. The summed E-state index contributed by atoms with van der Waals surface area (Å²) in [7, 11) is 0.559. The lowest BCUT2D eigenvalue weighted by molar-refractivity contribution is 0.172. The summed E-state index contributed by atoms with van der Waals surface area (Å²) in [6.45, 7) is 3.83. The number of ether oxygens (including phenoxy) is 1. The molecular formula is C12H20O2Si. The van der Waals surface area contributed by atoms with Crippen LogP contribution >= 0.6 is 0 Å². The molecule has 0 aliphatic heterocycles.